The van der Waals surface area contributed by atoms with Crippen LogP contribution < -0.4 is 5.32 Å². The Bertz CT molecular complexity index is 297. The standard InChI is InChI=1S/C10H17N3S/c1-11-10-12-9(7-14-10)8-4-3-5-13(2)6-8/h7-8H,3-6H2,1-2H3,(H,11,12). The lowest BCUT2D eigenvalue weighted by Gasteiger charge is -2.28. The van der Waals surface area contributed by atoms with Crippen LogP contribution in [-0.4, -0.2) is 37.1 Å². The number of aromatic nitrogens is 1. The Hall–Kier alpha value is -0.610. The summed E-state index contributed by atoms with van der Waals surface area (Å²) in [6.07, 6.45) is 2.59. The molecule has 14 heavy (non-hydrogen) atoms. The topological polar surface area (TPSA) is 28.2 Å². The van der Waals surface area contributed by atoms with Crippen LogP contribution in [0.2, 0.25) is 0 Å². The number of rotatable bonds is 2. The molecule has 1 aliphatic heterocycles. The Morgan fingerprint density at radius 3 is 3.14 bits per heavy atom. The number of hydrogen-bond donors (Lipinski definition) is 1. The fraction of sp³-hybridized carbons (Fsp3) is 0.700. The van der Waals surface area contributed by atoms with Gasteiger partial charge in [0.15, 0.2) is 5.13 Å². The van der Waals surface area contributed by atoms with Gasteiger partial charge in [0.25, 0.3) is 0 Å². The van der Waals surface area contributed by atoms with Gasteiger partial charge in [0.1, 0.15) is 0 Å². The second-order valence-corrected chi connectivity index (χ2v) is 4.79. The third kappa shape index (κ3) is 2.07. The molecule has 4 heteroatoms. The van der Waals surface area contributed by atoms with Crippen molar-refractivity contribution in [2.45, 2.75) is 18.8 Å². The number of likely N-dealkylation sites (tertiary alicyclic amines) is 1. The first-order valence-corrected chi connectivity index (χ1v) is 5.99. The lowest BCUT2D eigenvalue weighted by molar-refractivity contribution is 0.249. The highest BCUT2D eigenvalue weighted by Gasteiger charge is 2.20. The molecule has 0 saturated carbocycles. The molecule has 1 aromatic rings. The Kier molecular flexibility index (Phi) is 3.03. The van der Waals surface area contributed by atoms with Gasteiger partial charge in [0.05, 0.1) is 5.69 Å². The fourth-order valence-corrected chi connectivity index (χ4v) is 2.75. The van der Waals surface area contributed by atoms with Gasteiger partial charge in [-0.3, -0.25) is 0 Å². The van der Waals surface area contributed by atoms with Gasteiger partial charge in [-0.25, -0.2) is 4.98 Å². The first-order valence-electron chi connectivity index (χ1n) is 5.11. The van der Waals surface area contributed by atoms with Crippen molar-refractivity contribution in [3.63, 3.8) is 0 Å². The summed E-state index contributed by atoms with van der Waals surface area (Å²) in [6.45, 7) is 2.40. The highest BCUT2D eigenvalue weighted by molar-refractivity contribution is 7.13. The fourth-order valence-electron chi connectivity index (χ4n) is 2.00. The first-order chi connectivity index (χ1) is 6.79. The molecule has 2 heterocycles. The normalized spacial score (nSPS) is 23.7. The number of anilines is 1. The van der Waals surface area contributed by atoms with Crippen molar-refractivity contribution < 1.29 is 0 Å². The van der Waals surface area contributed by atoms with Crippen molar-refractivity contribution in [2.75, 3.05) is 32.5 Å². The van der Waals surface area contributed by atoms with E-state index in [9.17, 15) is 0 Å². The molecule has 0 bridgehead atoms. The molecule has 0 aromatic carbocycles. The van der Waals surface area contributed by atoms with E-state index in [1.807, 2.05) is 7.05 Å². The molecule has 0 aliphatic carbocycles. The van der Waals surface area contributed by atoms with Gasteiger partial charge < -0.3 is 10.2 Å². The van der Waals surface area contributed by atoms with Crippen molar-refractivity contribution in [3.8, 4) is 0 Å². The van der Waals surface area contributed by atoms with Crippen LogP contribution in [0, 0.1) is 0 Å². The number of piperidine rings is 1. The molecule has 1 unspecified atom stereocenters. The van der Waals surface area contributed by atoms with Crippen LogP contribution in [-0.2, 0) is 0 Å². The summed E-state index contributed by atoms with van der Waals surface area (Å²) in [4.78, 5) is 6.96. The van der Waals surface area contributed by atoms with Gasteiger partial charge in [-0.15, -0.1) is 11.3 Å². The van der Waals surface area contributed by atoms with E-state index in [0.29, 0.717) is 5.92 Å². The van der Waals surface area contributed by atoms with Crippen LogP contribution in [0.25, 0.3) is 0 Å². The minimum atomic E-state index is 0.645. The third-order valence-corrected chi connectivity index (χ3v) is 3.66. The van der Waals surface area contributed by atoms with Crippen molar-refractivity contribution in [3.05, 3.63) is 11.1 Å². The average molecular weight is 211 g/mol. The number of hydrogen-bond acceptors (Lipinski definition) is 4. The summed E-state index contributed by atoms with van der Waals surface area (Å²) >= 11 is 1.70. The highest BCUT2D eigenvalue weighted by atomic mass is 32.1. The van der Waals surface area contributed by atoms with E-state index in [1.54, 1.807) is 11.3 Å². The number of likely N-dealkylation sites (N-methyl/N-ethyl adjacent to an activating group) is 1. The van der Waals surface area contributed by atoms with Gasteiger partial charge in [-0.05, 0) is 26.4 Å². The molecule has 3 nitrogen and oxygen atoms in total. The smallest absolute Gasteiger partial charge is 0.182 e. The van der Waals surface area contributed by atoms with Gasteiger partial charge in [0.2, 0.25) is 0 Å². The first kappa shape index (κ1) is 9.93. The molecule has 1 atom stereocenters. The summed E-state index contributed by atoms with van der Waals surface area (Å²) < 4.78 is 0. The molecule has 1 N–H and O–H groups in total. The SMILES string of the molecule is CNc1nc(C2CCCN(C)C2)cs1. The zero-order valence-electron chi connectivity index (χ0n) is 8.79. The zero-order chi connectivity index (χ0) is 9.97. The quantitative estimate of drug-likeness (QED) is 0.811. The molecule has 78 valence electrons. The second-order valence-electron chi connectivity index (χ2n) is 3.93. The zero-order valence-corrected chi connectivity index (χ0v) is 9.60. The Labute approximate surface area is 89.1 Å². The Morgan fingerprint density at radius 2 is 2.50 bits per heavy atom. The van der Waals surface area contributed by atoms with Crippen molar-refractivity contribution in [1.29, 1.82) is 0 Å². The maximum absolute atomic E-state index is 4.57. The summed E-state index contributed by atoms with van der Waals surface area (Å²) in [5.74, 6) is 0.645. The van der Waals surface area contributed by atoms with E-state index < -0.39 is 0 Å². The van der Waals surface area contributed by atoms with Crippen LogP contribution in [0.3, 0.4) is 0 Å². The molecule has 0 radical (unpaired) electrons. The molecule has 0 amide bonds. The Morgan fingerprint density at radius 1 is 1.64 bits per heavy atom. The predicted octanol–water partition coefficient (Wildman–Crippen LogP) is 1.99. The van der Waals surface area contributed by atoms with Gasteiger partial charge in [-0.2, -0.15) is 0 Å². The van der Waals surface area contributed by atoms with Gasteiger partial charge >= 0.3 is 0 Å². The molecule has 2 rings (SSSR count). The van der Waals surface area contributed by atoms with Crippen molar-refractivity contribution in [2.24, 2.45) is 0 Å². The molecular weight excluding hydrogens is 194 g/mol. The van der Waals surface area contributed by atoms with E-state index in [1.165, 1.54) is 25.1 Å². The lowest BCUT2D eigenvalue weighted by Crippen LogP contribution is -2.30. The molecule has 1 fully saturated rings. The summed E-state index contributed by atoms with van der Waals surface area (Å²) in [7, 11) is 4.12. The van der Waals surface area contributed by atoms with E-state index in [4.69, 9.17) is 0 Å². The minimum Gasteiger partial charge on any atom is -0.365 e. The highest BCUT2D eigenvalue weighted by Crippen LogP contribution is 2.28. The van der Waals surface area contributed by atoms with E-state index in [2.05, 4.69) is 27.6 Å². The number of nitrogens with zero attached hydrogens (tertiary/aromatic N) is 2. The summed E-state index contributed by atoms with van der Waals surface area (Å²) in [6, 6.07) is 0. The summed E-state index contributed by atoms with van der Waals surface area (Å²) in [5.41, 5.74) is 1.27. The number of thiazole rings is 1. The van der Waals surface area contributed by atoms with Gasteiger partial charge in [-0.1, -0.05) is 0 Å². The third-order valence-electron chi connectivity index (χ3n) is 2.78. The Balaban J connectivity index is 2.06. The van der Waals surface area contributed by atoms with Crippen LogP contribution in [0.5, 0.6) is 0 Å². The molecule has 1 aliphatic rings. The minimum absolute atomic E-state index is 0.645. The number of nitrogens with one attached hydrogen (secondary N) is 1. The molecular formula is C10H17N3S. The lowest BCUT2D eigenvalue weighted by atomic mass is 9.96. The van der Waals surface area contributed by atoms with E-state index >= 15 is 0 Å². The van der Waals surface area contributed by atoms with Crippen LogP contribution >= 0.6 is 11.3 Å². The van der Waals surface area contributed by atoms with Crippen LogP contribution in [0.1, 0.15) is 24.5 Å². The molecule has 1 aromatic heterocycles. The van der Waals surface area contributed by atoms with Crippen molar-refractivity contribution >= 4 is 16.5 Å². The maximum atomic E-state index is 4.57. The monoisotopic (exact) mass is 211 g/mol. The largest absolute Gasteiger partial charge is 0.365 e. The molecule has 0 spiro atoms. The predicted molar refractivity (Wildman–Crippen MR) is 61.1 cm³/mol. The maximum Gasteiger partial charge on any atom is 0.182 e. The van der Waals surface area contributed by atoms with Crippen LogP contribution in [0.15, 0.2) is 5.38 Å². The molecule has 1 saturated heterocycles. The average Bonchev–Trinajstić information content (AvgIpc) is 2.66. The second kappa shape index (κ2) is 4.28. The van der Waals surface area contributed by atoms with Crippen LogP contribution in [0.4, 0.5) is 5.13 Å². The van der Waals surface area contributed by atoms with Gasteiger partial charge in [0, 0.05) is 24.9 Å². The van der Waals surface area contributed by atoms with Crippen molar-refractivity contribution in [1.82, 2.24) is 9.88 Å². The van der Waals surface area contributed by atoms with E-state index in [0.717, 1.165) is 11.7 Å². The van der Waals surface area contributed by atoms with E-state index in [-0.39, 0.29) is 0 Å². The summed E-state index contributed by atoms with van der Waals surface area (Å²) in [5, 5.41) is 6.32.